The van der Waals surface area contributed by atoms with Crippen LogP contribution in [-0.4, -0.2) is 11.2 Å². The Morgan fingerprint density at radius 2 is 2.09 bits per heavy atom. The fourth-order valence-electron chi connectivity index (χ4n) is 1.53. The number of hydrogen-bond acceptors (Lipinski definition) is 2. The minimum Gasteiger partial charge on any atom is -0.374 e. The van der Waals surface area contributed by atoms with Crippen molar-refractivity contribution >= 4 is 0 Å². The molecule has 0 unspecified atom stereocenters. The lowest BCUT2D eigenvalue weighted by molar-refractivity contribution is 0.256. The fraction of sp³-hybridized carbons (Fsp3) is 0.667. The summed E-state index contributed by atoms with van der Waals surface area (Å²) in [6.45, 7) is 2.01. The summed E-state index contributed by atoms with van der Waals surface area (Å²) in [4.78, 5) is 0. The van der Waals surface area contributed by atoms with Crippen molar-refractivity contribution in [2.45, 2.75) is 38.7 Å². The molecule has 0 heterocycles. The molecular formula is C9H13NO. The molecule has 11 heavy (non-hydrogen) atoms. The Morgan fingerprint density at radius 3 is 2.64 bits per heavy atom. The Morgan fingerprint density at radius 1 is 1.45 bits per heavy atom. The maximum absolute atomic E-state index is 9.23. The van der Waals surface area contributed by atoms with E-state index in [1.54, 1.807) is 0 Å². The first-order valence-electron chi connectivity index (χ1n) is 4.02. The molecule has 2 nitrogen and oxygen atoms in total. The maximum Gasteiger partial charge on any atom is 0.162 e. The highest BCUT2D eigenvalue weighted by Gasteiger charge is 2.15. The van der Waals surface area contributed by atoms with Crippen LogP contribution in [0.3, 0.4) is 0 Å². The Kier molecular flexibility index (Phi) is 2.67. The zero-order valence-corrected chi connectivity index (χ0v) is 6.80. The summed E-state index contributed by atoms with van der Waals surface area (Å²) in [6.07, 6.45) is 3.42. The number of allylic oxidation sites excluding steroid dienone is 1. The third-order valence-electron chi connectivity index (χ3n) is 2.25. The minimum atomic E-state index is -0.852. The van der Waals surface area contributed by atoms with Crippen LogP contribution in [0.5, 0.6) is 0 Å². The van der Waals surface area contributed by atoms with Crippen LogP contribution in [0.1, 0.15) is 32.6 Å². The topological polar surface area (TPSA) is 44.0 Å². The summed E-state index contributed by atoms with van der Waals surface area (Å²) in [7, 11) is 0. The van der Waals surface area contributed by atoms with E-state index in [2.05, 4.69) is 0 Å². The quantitative estimate of drug-likeness (QED) is 0.458. The van der Waals surface area contributed by atoms with Gasteiger partial charge in [-0.25, -0.2) is 0 Å². The van der Waals surface area contributed by atoms with Gasteiger partial charge in [0.25, 0.3) is 0 Å². The van der Waals surface area contributed by atoms with Gasteiger partial charge in [-0.15, -0.1) is 0 Å². The van der Waals surface area contributed by atoms with Crippen LogP contribution >= 0.6 is 0 Å². The first-order valence-corrected chi connectivity index (χ1v) is 4.02. The number of rotatable bonds is 1. The van der Waals surface area contributed by atoms with E-state index in [0.29, 0.717) is 0 Å². The Bertz CT molecular complexity index is 212. The van der Waals surface area contributed by atoms with Gasteiger partial charge in [0.2, 0.25) is 0 Å². The first kappa shape index (κ1) is 8.29. The van der Waals surface area contributed by atoms with Crippen molar-refractivity contribution in [1.82, 2.24) is 0 Å². The number of hydrogen-bond donors (Lipinski definition) is 1. The lowest BCUT2D eigenvalue weighted by Crippen LogP contribution is -2.12. The summed E-state index contributed by atoms with van der Waals surface area (Å²) < 4.78 is 0. The second kappa shape index (κ2) is 3.54. The number of nitrogens with zero attached hydrogens (tertiary/aromatic N) is 1. The van der Waals surface area contributed by atoms with E-state index < -0.39 is 6.10 Å². The van der Waals surface area contributed by atoms with Gasteiger partial charge >= 0.3 is 0 Å². The van der Waals surface area contributed by atoms with Crippen LogP contribution in [-0.2, 0) is 0 Å². The van der Waals surface area contributed by atoms with Crippen molar-refractivity contribution < 1.29 is 5.11 Å². The zero-order valence-electron chi connectivity index (χ0n) is 6.80. The van der Waals surface area contributed by atoms with Crippen LogP contribution in [0.4, 0.5) is 0 Å². The molecule has 0 spiro atoms. The van der Waals surface area contributed by atoms with E-state index in [0.717, 1.165) is 24.8 Å². The molecular weight excluding hydrogens is 138 g/mol. The van der Waals surface area contributed by atoms with Gasteiger partial charge in [0.05, 0.1) is 6.07 Å². The Hall–Kier alpha value is -0.810. The van der Waals surface area contributed by atoms with Gasteiger partial charge in [-0.2, -0.15) is 5.26 Å². The van der Waals surface area contributed by atoms with Crippen LogP contribution in [0.2, 0.25) is 0 Å². The second-order valence-corrected chi connectivity index (χ2v) is 3.04. The van der Waals surface area contributed by atoms with E-state index in [-0.39, 0.29) is 0 Å². The molecule has 1 aliphatic rings. The molecule has 1 atom stereocenters. The molecule has 2 heteroatoms. The van der Waals surface area contributed by atoms with Crippen molar-refractivity contribution in [3.05, 3.63) is 11.1 Å². The highest BCUT2D eigenvalue weighted by molar-refractivity contribution is 5.23. The van der Waals surface area contributed by atoms with Gasteiger partial charge < -0.3 is 5.11 Å². The highest BCUT2D eigenvalue weighted by atomic mass is 16.3. The third-order valence-corrected chi connectivity index (χ3v) is 2.25. The molecule has 0 aromatic rings. The van der Waals surface area contributed by atoms with Crippen molar-refractivity contribution in [3.63, 3.8) is 0 Å². The highest BCUT2D eigenvalue weighted by Crippen LogP contribution is 2.26. The van der Waals surface area contributed by atoms with Crippen molar-refractivity contribution in [3.8, 4) is 6.07 Å². The zero-order chi connectivity index (χ0) is 8.27. The lowest BCUT2D eigenvalue weighted by atomic mass is 9.90. The van der Waals surface area contributed by atoms with Crippen molar-refractivity contribution in [2.75, 3.05) is 0 Å². The molecule has 0 aromatic carbocycles. The lowest BCUT2D eigenvalue weighted by Gasteiger charge is -2.18. The molecule has 0 saturated carbocycles. The normalized spacial score (nSPS) is 21.2. The molecule has 0 fully saturated rings. The predicted octanol–water partition coefficient (Wildman–Crippen LogP) is 1.76. The molecule has 0 saturated heterocycles. The van der Waals surface area contributed by atoms with Gasteiger partial charge in [0, 0.05) is 0 Å². The molecule has 0 aliphatic heterocycles. The van der Waals surface area contributed by atoms with Crippen LogP contribution in [0.15, 0.2) is 11.1 Å². The van der Waals surface area contributed by atoms with Gasteiger partial charge in [-0.1, -0.05) is 5.57 Å². The molecule has 60 valence electrons. The van der Waals surface area contributed by atoms with Crippen molar-refractivity contribution in [2.24, 2.45) is 0 Å². The van der Waals surface area contributed by atoms with Gasteiger partial charge in [0.1, 0.15) is 0 Å². The van der Waals surface area contributed by atoms with Gasteiger partial charge in [-0.3, -0.25) is 0 Å². The largest absolute Gasteiger partial charge is 0.374 e. The summed E-state index contributed by atoms with van der Waals surface area (Å²) >= 11 is 0. The van der Waals surface area contributed by atoms with Gasteiger partial charge in [0.15, 0.2) is 6.10 Å². The number of nitriles is 1. The third kappa shape index (κ3) is 1.81. The molecule has 0 bridgehead atoms. The average Bonchev–Trinajstić information content (AvgIpc) is 2.04. The van der Waals surface area contributed by atoms with Crippen LogP contribution in [0.25, 0.3) is 0 Å². The molecule has 0 aromatic heterocycles. The van der Waals surface area contributed by atoms with Crippen LogP contribution < -0.4 is 0 Å². The summed E-state index contributed by atoms with van der Waals surface area (Å²) in [5.74, 6) is 0. The van der Waals surface area contributed by atoms with Crippen molar-refractivity contribution in [1.29, 1.82) is 5.26 Å². The van der Waals surface area contributed by atoms with E-state index in [1.165, 1.54) is 12.0 Å². The van der Waals surface area contributed by atoms with E-state index in [9.17, 15) is 5.11 Å². The summed E-state index contributed by atoms with van der Waals surface area (Å²) in [5, 5.41) is 17.7. The SMILES string of the molecule is CC1=C([C@H](O)C#N)CCCC1. The maximum atomic E-state index is 9.23. The van der Waals surface area contributed by atoms with Crippen LogP contribution in [0, 0.1) is 11.3 Å². The monoisotopic (exact) mass is 151 g/mol. The Labute approximate surface area is 67.2 Å². The average molecular weight is 151 g/mol. The van der Waals surface area contributed by atoms with Gasteiger partial charge in [-0.05, 0) is 38.2 Å². The summed E-state index contributed by atoms with van der Waals surface area (Å²) in [5.41, 5.74) is 2.17. The fourth-order valence-corrected chi connectivity index (χ4v) is 1.53. The molecule has 0 radical (unpaired) electrons. The first-order chi connectivity index (χ1) is 5.25. The Balaban J connectivity index is 2.75. The smallest absolute Gasteiger partial charge is 0.162 e. The minimum absolute atomic E-state index is 0.852. The molecule has 1 aliphatic carbocycles. The molecule has 1 rings (SSSR count). The van der Waals surface area contributed by atoms with E-state index >= 15 is 0 Å². The van der Waals surface area contributed by atoms with E-state index in [4.69, 9.17) is 5.26 Å². The second-order valence-electron chi connectivity index (χ2n) is 3.04. The number of aliphatic hydroxyl groups is 1. The molecule has 1 N–H and O–H groups in total. The predicted molar refractivity (Wildman–Crippen MR) is 42.8 cm³/mol. The standard InChI is InChI=1S/C9H13NO/c1-7-4-2-3-5-8(7)9(11)6-10/h9,11H,2-5H2,1H3/t9-/m1/s1. The van der Waals surface area contributed by atoms with E-state index in [1.807, 2.05) is 13.0 Å². The molecule has 0 amide bonds. The summed E-state index contributed by atoms with van der Waals surface area (Å²) in [6, 6.07) is 1.86. The number of aliphatic hydroxyl groups excluding tert-OH is 1.